The van der Waals surface area contributed by atoms with Crippen LogP contribution in [0.3, 0.4) is 0 Å². The summed E-state index contributed by atoms with van der Waals surface area (Å²) >= 11 is 1.25. The number of aliphatic hydroxyl groups is 3. The number of aromatic nitrogens is 2. The van der Waals surface area contributed by atoms with Gasteiger partial charge in [0.2, 0.25) is 5.88 Å². The van der Waals surface area contributed by atoms with Gasteiger partial charge in [0.1, 0.15) is 18.0 Å². The maximum atomic E-state index is 9.95. The molecule has 0 radical (unpaired) electrons. The fourth-order valence-corrected chi connectivity index (χ4v) is 3.41. The molecule has 0 bridgehead atoms. The van der Waals surface area contributed by atoms with Crippen molar-refractivity contribution in [2.45, 2.75) is 23.7 Å². The quantitative estimate of drug-likeness (QED) is 0.740. The molecule has 1 aliphatic rings. The average Bonchev–Trinajstić information content (AvgIpc) is 2.63. The summed E-state index contributed by atoms with van der Waals surface area (Å²) in [7, 11) is 1.56. The fourth-order valence-electron chi connectivity index (χ4n) is 2.29. The van der Waals surface area contributed by atoms with E-state index in [1.54, 1.807) is 37.7 Å². The predicted molar refractivity (Wildman–Crippen MR) is 88.9 cm³/mol. The normalized spacial score (nSPS) is 26.8. The molecule has 1 aliphatic heterocycles. The number of pyridine rings is 2. The van der Waals surface area contributed by atoms with Crippen LogP contribution in [0.15, 0.2) is 36.7 Å². The summed E-state index contributed by atoms with van der Waals surface area (Å²) < 4.78 is 10.7. The first-order valence-corrected chi connectivity index (χ1v) is 8.42. The zero-order valence-corrected chi connectivity index (χ0v) is 13.8. The maximum absolute atomic E-state index is 9.95. The third kappa shape index (κ3) is 3.62. The lowest BCUT2D eigenvalue weighted by atomic mass is 10.1. The van der Waals surface area contributed by atoms with Gasteiger partial charge in [-0.25, -0.2) is 4.98 Å². The van der Waals surface area contributed by atoms with Crippen LogP contribution in [0.1, 0.15) is 0 Å². The van der Waals surface area contributed by atoms with E-state index in [0.717, 1.165) is 11.3 Å². The molecule has 0 aliphatic carbocycles. The van der Waals surface area contributed by atoms with Crippen LogP contribution >= 0.6 is 11.8 Å². The van der Waals surface area contributed by atoms with Crippen LogP contribution in [0.4, 0.5) is 0 Å². The molecule has 2 aromatic heterocycles. The molecule has 3 N–H and O–H groups in total. The second-order valence-corrected chi connectivity index (χ2v) is 6.47. The summed E-state index contributed by atoms with van der Waals surface area (Å²) in [4.78, 5) is 8.45. The van der Waals surface area contributed by atoms with Crippen molar-refractivity contribution in [2.24, 2.45) is 0 Å². The molecule has 24 heavy (non-hydrogen) atoms. The molecule has 0 aromatic carbocycles. The molecule has 0 unspecified atom stereocenters. The van der Waals surface area contributed by atoms with Gasteiger partial charge < -0.3 is 24.8 Å². The second kappa shape index (κ2) is 7.35. The van der Waals surface area contributed by atoms with Gasteiger partial charge in [-0.1, -0.05) is 0 Å². The van der Waals surface area contributed by atoms with Crippen LogP contribution in [0.2, 0.25) is 0 Å². The van der Waals surface area contributed by atoms with Crippen LogP contribution in [-0.2, 0) is 0 Å². The summed E-state index contributed by atoms with van der Waals surface area (Å²) in [6.07, 6.45) is -0.115. The van der Waals surface area contributed by atoms with Crippen molar-refractivity contribution < 1.29 is 24.8 Å². The Hall–Kier alpha value is -1.87. The molecule has 4 atom stereocenters. The lowest BCUT2D eigenvalue weighted by Gasteiger charge is -2.34. The molecule has 2 aromatic rings. The number of nitrogens with zero attached hydrogens (tertiary/aromatic N) is 2. The monoisotopic (exact) mass is 350 g/mol. The second-order valence-electron chi connectivity index (χ2n) is 5.34. The highest BCUT2D eigenvalue weighted by molar-refractivity contribution is 7.99. The van der Waals surface area contributed by atoms with Crippen molar-refractivity contribution in [1.82, 2.24) is 9.97 Å². The first-order valence-electron chi connectivity index (χ1n) is 7.37. The van der Waals surface area contributed by atoms with E-state index in [4.69, 9.17) is 9.47 Å². The Balaban J connectivity index is 1.68. The van der Waals surface area contributed by atoms with Gasteiger partial charge in [-0.2, -0.15) is 0 Å². The van der Waals surface area contributed by atoms with Gasteiger partial charge in [0.25, 0.3) is 0 Å². The molecule has 3 heterocycles. The smallest absolute Gasteiger partial charge is 0.212 e. The highest BCUT2D eigenvalue weighted by Crippen LogP contribution is 2.29. The van der Waals surface area contributed by atoms with Gasteiger partial charge >= 0.3 is 0 Å². The van der Waals surface area contributed by atoms with Crippen LogP contribution < -0.4 is 9.47 Å². The SMILES string of the molecule is COc1ccc(-c2ccc(O[C@H]3SC[C@@H](O)[C@H](O)[C@H]3O)cn2)cn1. The summed E-state index contributed by atoms with van der Waals surface area (Å²) in [5, 5.41) is 29.2. The topological polar surface area (TPSA) is 105 Å². The lowest BCUT2D eigenvalue weighted by Crippen LogP contribution is -2.50. The Morgan fingerprint density at radius 3 is 2.50 bits per heavy atom. The summed E-state index contributed by atoms with van der Waals surface area (Å²) in [6, 6.07) is 7.12. The van der Waals surface area contributed by atoms with Crippen LogP contribution in [0.25, 0.3) is 11.3 Å². The van der Waals surface area contributed by atoms with Crippen LogP contribution in [0.5, 0.6) is 11.6 Å². The third-order valence-corrected chi connectivity index (χ3v) is 4.92. The van der Waals surface area contributed by atoms with Crippen molar-refractivity contribution in [3.8, 4) is 22.9 Å². The summed E-state index contributed by atoms with van der Waals surface area (Å²) in [5.74, 6) is 1.30. The standard InChI is InChI=1S/C16H18N2O5S/c1-22-13-5-2-9(6-18-13)11-4-3-10(7-17-11)23-16-15(21)14(20)12(19)8-24-16/h2-7,12,14-16,19-21H,8H2,1H3/t12-,14+,15-,16+/m1/s1. The Morgan fingerprint density at radius 2 is 1.88 bits per heavy atom. The zero-order chi connectivity index (χ0) is 17.1. The van der Waals surface area contributed by atoms with Gasteiger partial charge in [0, 0.05) is 23.6 Å². The number of hydrogen-bond acceptors (Lipinski definition) is 8. The van der Waals surface area contributed by atoms with Gasteiger partial charge in [0.05, 0.1) is 25.1 Å². The number of aliphatic hydroxyl groups excluding tert-OH is 3. The number of methoxy groups -OCH3 is 1. The molecular weight excluding hydrogens is 332 g/mol. The largest absolute Gasteiger partial charge is 0.481 e. The summed E-state index contributed by atoms with van der Waals surface area (Å²) in [6.45, 7) is 0. The van der Waals surface area contributed by atoms with Gasteiger partial charge in [-0.05, 0) is 18.2 Å². The molecule has 128 valence electrons. The molecule has 7 nitrogen and oxygen atoms in total. The molecule has 0 amide bonds. The average molecular weight is 350 g/mol. The first-order chi connectivity index (χ1) is 11.6. The molecule has 1 fully saturated rings. The molecular formula is C16H18N2O5S. The zero-order valence-electron chi connectivity index (χ0n) is 12.9. The minimum absolute atomic E-state index is 0.298. The van der Waals surface area contributed by atoms with E-state index < -0.39 is 23.7 Å². The predicted octanol–water partition coefficient (Wildman–Crippen LogP) is 0.687. The molecule has 1 saturated heterocycles. The number of hydrogen-bond donors (Lipinski definition) is 3. The van der Waals surface area contributed by atoms with Gasteiger partial charge in [0.15, 0.2) is 5.44 Å². The minimum atomic E-state index is -1.21. The lowest BCUT2D eigenvalue weighted by molar-refractivity contribution is -0.0786. The van der Waals surface area contributed by atoms with Crippen molar-refractivity contribution in [3.05, 3.63) is 36.7 Å². The third-order valence-electron chi connectivity index (χ3n) is 3.68. The van der Waals surface area contributed by atoms with Crippen LogP contribution in [-0.4, -0.2) is 61.9 Å². The Bertz CT molecular complexity index is 667. The number of rotatable bonds is 4. The molecule has 0 saturated carbocycles. The first kappa shape index (κ1) is 17.0. The minimum Gasteiger partial charge on any atom is -0.481 e. The Morgan fingerprint density at radius 1 is 1.04 bits per heavy atom. The summed E-state index contributed by atoms with van der Waals surface area (Å²) in [5.41, 5.74) is 0.913. The van der Waals surface area contributed by atoms with Crippen LogP contribution in [0, 0.1) is 0 Å². The Labute approximate surface area is 143 Å². The molecule has 0 spiro atoms. The highest BCUT2D eigenvalue weighted by atomic mass is 32.2. The van der Waals surface area contributed by atoms with Crippen molar-refractivity contribution in [1.29, 1.82) is 0 Å². The number of thioether (sulfide) groups is 1. The van der Waals surface area contributed by atoms with E-state index >= 15 is 0 Å². The Kier molecular flexibility index (Phi) is 5.20. The van der Waals surface area contributed by atoms with Crippen molar-refractivity contribution in [3.63, 3.8) is 0 Å². The van der Waals surface area contributed by atoms with Gasteiger partial charge in [-0.3, -0.25) is 4.98 Å². The number of ether oxygens (including phenoxy) is 2. The highest BCUT2D eigenvalue weighted by Gasteiger charge is 2.38. The van der Waals surface area contributed by atoms with E-state index in [2.05, 4.69) is 9.97 Å². The van der Waals surface area contributed by atoms with Gasteiger partial charge in [-0.15, -0.1) is 11.8 Å². The van der Waals surface area contributed by atoms with Crippen molar-refractivity contribution >= 4 is 11.8 Å². The molecule has 3 rings (SSSR count). The maximum Gasteiger partial charge on any atom is 0.212 e. The van der Waals surface area contributed by atoms with E-state index in [9.17, 15) is 15.3 Å². The fraction of sp³-hybridized carbons (Fsp3) is 0.375. The van der Waals surface area contributed by atoms with E-state index in [1.165, 1.54) is 11.8 Å². The molecule has 8 heteroatoms. The van der Waals surface area contributed by atoms with E-state index in [1.807, 2.05) is 6.07 Å². The van der Waals surface area contributed by atoms with E-state index in [-0.39, 0.29) is 0 Å². The van der Waals surface area contributed by atoms with Crippen molar-refractivity contribution in [2.75, 3.05) is 12.9 Å². The van der Waals surface area contributed by atoms with E-state index in [0.29, 0.717) is 17.4 Å².